The monoisotopic (exact) mass is 455 g/mol. The first-order valence-corrected chi connectivity index (χ1v) is 10.2. The predicted molar refractivity (Wildman–Crippen MR) is 115 cm³/mol. The lowest BCUT2D eigenvalue weighted by Crippen LogP contribution is -2.42. The first-order chi connectivity index (χ1) is 15.7. The first-order valence-electron chi connectivity index (χ1n) is 10.2. The molecule has 0 saturated heterocycles. The molecule has 33 heavy (non-hydrogen) atoms. The van der Waals surface area contributed by atoms with E-state index >= 15 is 0 Å². The van der Waals surface area contributed by atoms with Crippen LogP contribution in [-0.2, 0) is 22.1 Å². The number of hydrogen-bond donors (Lipinski definition) is 2. The van der Waals surface area contributed by atoms with E-state index in [-0.39, 0.29) is 18.9 Å². The summed E-state index contributed by atoms with van der Waals surface area (Å²) in [5.74, 6) is -1.50. The highest BCUT2D eigenvalue weighted by Crippen LogP contribution is 2.44. The number of alkyl carbamates (subject to hydrolysis) is 1. The zero-order chi connectivity index (χ0) is 23.6. The summed E-state index contributed by atoms with van der Waals surface area (Å²) in [6.07, 6.45) is -5.57. The first kappa shape index (κ1) is 22.4. The molecule has 0 bridgehead atoms. The Morgan fingerprint density at radius 1 is 0.909 bits per heavy atom. The van der Waals surface area contributed by atoms with Crippen molar-refractivity contribution in [2.75, 3.05) is 6.61 Å². The highest BCUT2D eigenvalue weighted by Gasteiger charge is 2.31. The fourth-order valence-corrected chi connectivity index (χ4v) is 4.05. The van der Waals surface area contributed by atoms with E-state index in [1.807, 2.05) is 48.5 Å². The van der Waals surface area contributed by atoms with Gasteiger partial charge in [0.05, 0.1) is 5.56 Å². The van der Waals surface area contributed by atoms with Gasteiger partial charge in [-0.1, -0.05) is 60.7 Å². The fraction of sp³-hybridized carbons (Fsp3) is 0.200. The Hall–Kier alpha value is -3.81. The number of alkyl halides is 3. The largest absolute Gasteiger partial charge is 0.480 e. The third kappa shape index (κ3) is 4.84. The smallest absolute Gasteiger partial charge is 0.416 e. The molecule has 0 fully saturated rings. The maximum atomic E-state index is 12.7. The number of halogens is 3. The van der Waals surface area contributed by atoms with Crippen LogP contribution in [0.5, 0.6) is 0 Å². The average Bonchev–Trinajstić information content (AvgIpc) is 3.11. The summed E-state index contributed by atoms with van der Waals surface area (Å²) < 4.78 is 43.5. The Morgan fingerprint density at radius 2 is 1.45 bits per heavy atom. The van der Waals surface area contributed by atoms with Gasteiger partial charge in [0.2, 0.25) is 0 Å². The molecule has 3 aromatic carbocycles. The molecule has 5 nitrogen and oxygen atoms in total. The van der Waals surface area contributed by atoms with Gasteiger partial charge in [0.15, 0.2) is 0 Å². The number of carboxylic acids is 1. The molecule has 0 aliphatic heterocycles. The second-order valence-corrected chi connectivity index (χ2v) is 7.76. The van der Waals surface area contributed by atoms with Gasteiger partial charge in [-0.15, -0.1) is 0 Å². The van der Waals surface area contributed by atoms with Crippen molar-refractivity contribution in [1.82, 2.24) is 5.32 Å². The molecule has 4 rings (SSSR count). The standard InChI is InChI=1S/C25H20F3NO4/c26-25(27,28)16-11-9-15(10-12-16)13-22(23(30)31)29-24(32)33-14-21-19-7-3-1-5-17(19)18-6-2-4-8-20(18)21/h1-12,21-22H,13-14H2,(H,29,32)(H,30,31). The molecule has 1 aliphatic carbocycles. The second-order valence-electron chi connectivity index (χ2n) is 7.76. The van der Waals surface area contributed by atoms with Gasteiger partial charge in [0, 0.05) is 12.3 Å². The molecule has 0 radical (unpaired) electrons. The van der Waals surface area contributed by atoms with Crippen molar-refractivity contribution in [3.63, 3.8) is 0 Å². The molecule has 0 saturated carbocycles. The van der Waals surface area contributed by atoms with Crippen LogP contribution >= 0.6 is 0 Å². The highest BCUT2D eigenvalue weighted by atomic mass is 19.4. The number of fused-ring (bicyclic) bond motifs is 3. The van der Waals surface area contributed by atoms with E-state index in [2.05, 4.69) is 5.32 Å². The van der Waals surface area contributed by atoms with Crippen molar-refractivity contribution in [3.8, 4) is 11.1 Å². The summed E-state index contributed by atoms with van der Waals surface area (Å²) in [5, 5.41) is 11.8. The van der Waals surface area contributed by atoms with Gasteiger partial charge in [-0.25, -0.2) is 9.59 Å². The van der Waals surface area contributed by atoms with Crippen LogP contribution in [0.25, 0.3) is 11.1 Å². The highest BCUT2D eigenvalue weighted by molar-refractivity contribution is 5.81. The predicted octanol–water partition coefficient (Wildman–Crippen LogP) is 5.24. The number of aliphatic carboxylic acids is 1. The van der Waals surface area contributed by atoms with Gasteiger partial charge < -0.3 is 15.2 Å². The quantitative estimate of drug-likeness (QED) is 0.533. The van der Waals surface area contributed by atoms with Crippen LogP contribution in [0.3, 0.4) is 0 Å². The number of rotatable bonds is 6. The van der Waals surface area contributed by atoms with E-state index in [0.717, 1.165) is 34.4 Å². The van der Waals surface area contributed by atoms with Gasteiger partial charge >= 0.3 is 18.2 Å². The molecule has 170 valence electrons. The number of nitrogens with one attached hydrogen (secondary N) is 1. The Labute approximate surface area is 187 Å². The van der Waals surface area contributed by atoms with Gasteiger partial charge in [-0.05, 0) is 39.9 Å². The fourth-order valence-electron chi connectivity index (χ4n) is 4.05. The molecular weight excluding hydrogens is 435 g/mol. The maximum absolute atomic E-state index is 12.7. The third-order valence-corrected chi connectivity index (χ3v) is 5.65. The Morgan fingerprint density at radius 3 is 1.97 bits per heavy atom. The molecule has 0 spiro atoms. The molecule has 0 aromatic heterocycles. The number of amides is 1. The summed E-state index contributed by atoms with van der Waals surface area (Å²) in [6, 6.07) is 18.4. The number of benzene rings is 3. The van der Waals surface area contributed by atoms with Crippen molar-refractivity contribution >= 4 is 12.1 Å². The summed E-state index contributed by atoms with van der Waals surface area (Å²) in [5.41, 5.74) is 3.68. The van der Waals surface area contributed by atoms with E-state index in [1.54, 1.807) is 0 Å². The number of hydrogen-bond acceptors (Lipinski definition) is 3. The SMILES string of the molecule is O=C(NC(Cc1ccc(C(F)(F)F)cc1)C(=O)O)OCC1c2ccccc2-c2ccccc21. The third-order valence-electron chi connectivity index (χ3n) is 5.65. The zero-order valence-corrected chi connectivity index (χ0v) is 17.3. The van der Waals surface area contributed by atoms with E-state index in [0.29, 0.717) is 5.56 Å². The molecule has 2 N–H and O–H groups in total. The van der Waals surface area contributed by atoms with Crippen LogP contribution in [0, 0.1) is 0 Å². The van der Waals surface area contributed by atoms with E-state index < -0.39 is 29.8 Å². The minimum absolute atomic E-state index is 0.0203. The molecule has 1 amide bonds. The minimum Gasteiger partial charge on any atom is -0.480 e. The van der Waals surface area contributed by atoms with Crippen LogP contribution in [0.1, 0.15) is 28.2 Å². The second kappa shape index (κ2) is 8.97. The topological polar surface area (TPSA) is 75.6 Å². The zero-order valence-electron chi connectivity index (χ0n) is 17.3. The van der Waals surface area contributed by atoms with Crippen LogP contribution in [0.2, 0.25) is 0 Å². The van der Waals surface area contributed by atoms with E-state index in [1.165, 1.54) is 12.1 Å². The summed E-state index contributed by atoms with van der Waals surface area (Å²) in [7, 11) is 0. The van der Waals surface area contributed by atoms with Gasteiger partial charge in [0.1, 0.15) is 12.6 Å². The summed E-state index contributed by atoms with van der Waals surface area (Å²) >= 11 is 0. The van der Waals surface area contributed by atoms with Crippen molar-refractivity contribution in [1.29, 1.82) is 0 Å². The van der Waals surface area contributed by atoms with Crippen LogP contribution in [0.4, 0.5) is 18.0 Å². The van der Waals surface area contributed by atoms with Gasteiger partial charge in [-0.3, -0.25) is 0 Å². The lowest BCUT2D eigenvalue weighted by molar-refractivity contribution is -0.139. The molecular formula is C25H20F3NO4. The Bertz CT molecular complexity index is 1130. The summed E-state index contributed by atoms with van der Waals surface area (Å²) in [4.78, 5) is 24.0. The Balaban J connectivity index is 1.41. The van der Waals surface area contributed by atoms with E-state index in [4.69, 9.17) is 4.74 Å². The lowest BCUT2D eigenvalue weighted by atomic mass is 9.98. The number of carbonyl (C=O) groups is 2. The lowest BCUT2D eigenvalue weighted by Gasteiger charge is -2.18. The van der Waals surface area contributed by atoms with Crippen LogP contribution < -0.4 is 5.32 Å². The summed E-state index contributed by atoms with van der Waals surface area (Å²) in [6.45, 7) is 0.0203. The van der Waals surface area contributed by atoms with Crippen molar-refractivity contribution in [3.05, 3.63) is 95.1 Å². The molecule has 3 aromatic rings. The van der Waals surface area contributed by atoms with Crippen molar-refractivity contribution in [2.45, 2.75) is 24.6 Å². The molecule has 8 heteroatoms. The molecule has 1 atom stereocenters. The Kier molecular flexibility index (Phi) is 6.09. The van der Waals surface area contributed by atoms with Crippen LogP contribution in [0.15, 0.2) is 72.8 Å². The molecule has 0 heterocycles. The van der Waals surface area contributed by atoms with Crippen molar-refractivity contribution in [2.24, 2.45) is 0 Å². The molecule has 1 aliphatic rings. The maximum Gasteiger partial charge on any atom is 0.416 e. The van der Waals surface area contributed by atoms with Crippen molar-refractivity contribution < 1.29 is 32.6 Å². The number of carboxylic acid groups (broad SMARTS) is 1. The van der Waals surface area contributed by atoms with Gasteiger partial charge in [0.25, 0.3) is 0 Å². The molecule has 1 unspecified atom stereocenters. The van der Waals surface area contributed by atoms with Gasteiger partial charge in [-0.2, -0.15) is 13.2 Å². The van der Waals surface area contributed by atoms with E-state index in [9.17, 15) is 27.9 Å². The minimum atomic E-state index is -4.48. The average molecular weight is 455 g/mol. The number of carbonyl (C=O) groups excluding carboxylic acids is 1. The normalized spacial score (nSPS) is 13.7. The number of ether oxygens (including phenoxy) is 1. The van der Waals surface area contributed by atoms with Crippen LogP contribution in [-0.4, -0.2) is 29.8 Å².